The van der Waals surface area contributed by atoms with Crippen molar-refractivity contribution in [2.45, 2.75) is 25.5 Å². The lowest BCUT2D eigenvalue weighted by atomic mass is 10.4. The third-order valence-electron chi connectivity index (χ3n) is 1.39. The molecule has 0 spiro atoms. The summed E-state index contributed by atoms with van der Waals surface area (Å²) in [5, 5.41) is 12.1. The number of hydrogen-bond donors (Lipinski definition) is 1. The average Bonchev–Trinajstić information content (AvgIpc) is 2.52. The van der Waals surface area contributed by atoms with Crippen LogP contribution in [0.1, 0.15) is 25.1 Å². The summed E-state index contributed by atoms with van der Waals surface area (Å²) in [5.74, 6) is 1.51. The predicted molar refractivity (Wildman–Crippen MR) is 52.1 cm³/mol. The van der Waals surface area contributed by atoms with Gasteiger partial charge in [0.15, 0.2) is 5.82 Å². The van der Waals surface area contributed by atoms with Gasteiger partial charge in [0.1, 0.15) is 6.42 Å². The molecule has 0 atom stereocenters. The van der Waals surface area contributed by atoms with Gasteiger partial charge >= 0.3 is 5.97 Å². The largest absolute Gasteiger partial charge is 0.481 e. The van der Waals surface area contributed by atoms with Crippen LogP contribution in [0.15, 0.2) is 4.52 Å². The molecule has 6 heteroatoms. The summed E-state index contributed by atoms with van der Waals surface area (Å²) in [6.45, 7) is 2.10. The van der Waals surface area contributed by atoms with Gasteiger partial charge in [-0.25, -0.2) is 0 Å². The van der Waals surface area contributed by atoms with Gasteiger partial charge in [-0.1, -0.05) is 12.1 Å². The molecule has 0 unspecified atom stereocenters. The van der Waals surface area contributed by atoms with Crippen LogP contribution >= 0.6 is 11.8 Å². The summed E-state index contributed by atoms with van der Waals surface area (Å²) in [4.78, 5) is 14.2. The molecule has 0 radical (unpaired) electrons. The van der Waals surface area contributed by atoms with Crippen molar-refractivity contribution in [1.82, 2.24) is 10.1 Å². The van der Waals surface area contributed by atoms with Crippen LogP contribution in [0.2, 0.25) is 0 Å². The number of aromatic nitrogens is 2. The van der Waals surface area contributed by atoms with E-state index < -0.39 is 5.97 Å². The monoisotopic (exact) mass is 216 g/mol. The number of carboxylic acids is 1. The van der Waals surface area contributed by atoms with Gasteiger partial charge in [0, 0.05) is 0 Å². The Balaban J connectivity index is 2.38. The van der Waals surface area contributed by atoms with Crippen LogP contribution in [-0.2, 0) is 17.0 Å². The van der Waals surface area contributed by atoms with E-state index in [0.717, 1.165) is 12.2 Å². The number of thioether (sulfide) groups is 1. The zero-order valence-corrected chi connectivity index (χ0v) is 8.71. The van der Waals surface area contributed by atoms with Gasteiger partial charge in [-0.15, -0.1) is 0 Å². The normalized spacial score (nSPS) is 10.4. The standard InChI is InChI=1S/C8H12N2O3S/c1-2-3-14-5-6-9-7(13-10-6)4-8(11)12/h2-5H2,1H3,(H,11,12). The van der Waals surface area contributed by atoms with E-state index in [4.69, 9.17) is 9.63 Å². The molecule has 14 heavy (non-hydrogen) atoms. The number of carbonyl (C=O) groups is 1. The van der Waals surface area contributed by atoms with Crippen LogP contribution in [0.4, 0.5) is 0 Å². The van der Waals surface area contributed by atoms with Crippen molar-refractivity contribution in [2.24, 2.45) is 0 Å². The second kappa shape index (κ2) is 5.64. The summed E-state index contributed by atoms with van der Waals surface area (Å²) in [7, 11) is 0. The minimum atomic E-state index is -0.957. The number of carboxylic acid groups (broad SMARTS) is 1. The van der Waals surface area contributed by atoms with Crippen molar-refractivity contribution in [3.8, 4) is 0 Å². The molecule has 0 aromatic carbocycles. The predicted octanol–water partition coefficient (Wildman–Crippen LogP) is 1.34. The van der Waals surface area contributed by atoms with E-state index in [9.17, 15) is 4.79 Å². The SMILES string of the molecule is CCCSCc1noc(CC(=O)O)n1. The van der Waals surface area contributed by atoms with Crippen LogP contribution in [-0.4, -0.2) is 27.0 Å². The highest BCUT2D eigenvalue weighted by Gasteiger charge is 2.09. The molecule has 1 N–H and O–H groups in total. The van der Waals surface area contributed by atoms with Crippen LogP contribution in [0.5, 0.6) is 0 Å². The van der Waals surface area contributed by atoms with Crippen molar-refractivity contribution in [1.29, 1.82) is 0 Å². The number of nitrogens with zero attached hydrogens (tertiary/aromatic N) is 2. The fraction of sp³-hybridized carbons (Fsp3) is 0.625. The van der Waals surface area contributed by atoms with E-state index >= 15 is 0 Å². The molecule has 0 bridgehead atoms. The minimum Gasteiger partial charge on any atom is -0.481 e. The average molecular weight is 216 g/mol. The maximum absolute atomic E-state index is 10.3. The zero-order chi connectivity index (χ0) is 10.4. The van der Waals surface area contributed by atoms with E-state index in [-0.39, 0.29) is 12.3 Å². The first-order valence-electron chi connectivity index (χ1n) is 4.33. The molecule has 0 amide bonds. The fourth-order valence-electron chi connectivity index (χ4n) is 0.858. The van der Waals surface area contributed by atoms with Gasteiger partial charge in [0.2, 0.25) is 5.89 Å². The lowest BCUT2D eigenvalue weighted by Gasteiger charge is -1.91. The van der Waals surface area contributed by atoms with E-state index in [1.807, 2.05) is 0 Å². The summed E-state index contributed by atoms with van der Waals surface area (Å²) < 4.78 is 4.75. The van der Waals surface area contributed by atoms with Gasteiger partial charge in [-0.3, -0.25) is 4.79 Å². The van der Waals surface area contributed by atoms with Gasteiger partial charge in [-0.05, 0) is 12.2 Å². The second-order valence-corrected chi connectivity index (χ2v) is 3.83. The molecule has 0 aliphatic rings. The first kappa shape index (κ1) is 11.0. The Kier molecular flexibility index (Phi) is 4.45. The fourth-order valence-corrected chi connectivity index (χ4v) is 1.59. The lowest BCUT2D eigenvalue weighted by Crippen LogP contribution is -2.00. The van der Waals surface area contributed by atoms with E-state index in [0.29, 0.717) is 11.6 Å². The molecule has 0 fully saturated rings. The van der Waals surface area contributed by atoms with Gasteiger partial charge in [0.05, 0.1) is 5.75 Å². The lowest BCUT2D eigenvalue weighted by molar-refractivity contribution is -0.136. The molecule has 78 valence electrons. The van der Waals surface area contributed by atoms with E-state index in [1.54, 1.807) is 11.8 Å². The maximum atomic E-state index is 10.3. The Bertz CT molecular complexity index is 301. The van der Waals surface area contributed by atoms with Gasteiger partial charge in [0.25, 0.3) is 0 Å². The van der Waals surface area contributed by atoms with Crippen molar-refractivity contribution < 1.29 is 14.4 Å². The van der Waals surface area contributed by atoms with Gasteiger partial charge in [-0.2, -0.15) is 16.7 Å². The number of rotatable bonds is 6. The molecule has 1 heterocycles. The Morgan fingerprint density at radius 2 is 2.43 bits per heavy atom. The highest BCUT2D eigenvalue weighted by atomic mass is 32.2. The molecule has 5 nitrogen and oxygen atoms in total. The molecule has 1 rings (SSSR count). The van der Waals surface area contributed by atoms with Crippen LogP contribution < -0.4 is 0 Å². The third kappa shape index (κ3) is 3.78. The molecule has 1 aromatic rings. The number of aliphatic carboxylic acids is 1. The molecular formula is C8H12N2O3S. The topological polar surface area (TPSA) is 76.2 Å². The molecule has 0 aliphatic carbocycles. The maximum Gasteiger partial charge on any atom is 0.312 e. The van der Waals surface area contributed by atoms with E-state index in [1.165, 1.54) is 0 Å². The summed E-state index contributed by atoms with van der Waals surface area (Å²) >= 11 is 1.71. The van der Waals surface area contributed by atoms with Crippen molar-refractivity contribution in [2.75, 3.05) is 5.75 Å². The summed E-state index contributed by atoms with van der Waals surface area (Å²) in [6.07, 6.45) is 0.899. The first-order valence-corrected chi connectivity index (χ1v) is 5.49. The minimum absolute atomic E-state index is 0.171. The van der Waals surface area contributed by atoms with E-state index in [2.05, 4.69) is 17.1 Å². The van der Waals surface area contributed by atoms with Crippen molar-refractivity contribution in [3.05, 3.63) is 11.7 Å². The first-order chi connectivity index (χ1) is 6.72. The van der Waals surface area contributed by atoms with Gasteiger partial charge < -0.3 is 9.63 Å². The van der Waals surface area contributed by atoms with Crippen molar-refractivity contribution >= 4 is 17.7 Å². The second-order valence-electron chi connectivity index (χ2n) is 2.73. The summed E-state index contributed by atoms with van der Waals surface area (Å²) in [6, 6.07) is 0. The van der Waals surface area contributed by atoms with Crippen LogP contribution in [0.3, 0.4) is 0 Å². The quantitative estimate of drug-likeness (QED) is 0.723. The Morgan fingerprint density at radius 3 is 3.07 bits per heavy atom. The zero-order valence-electron chi connectivity index (χ0n) is 7.89. The molecule has 0 saturated heterocycles. The molecule has 1 aromatic heterocycles. The van der Waals surface area contributed by atoms with Crippen LogP contribution in [0.25, 0.3) is 0 Å². The summed E-state index contributed by atoms with van der Waals surface area (Å²) in [5.41, 5.74) is 0. The highest BCUT2D eigenvalue weighted by molar-refractivity contribution is 7.98. The third-order valence-corrected chi connectivity index (χ3v) is 2.55. The Labute approximate surface area is 85.9 Å². The van der Waals surface area contributed by atoms with Crippen LogP contribution in [0, 0.1) is 0 Å². The highest BCUT2D eigenvalue weighted by Crippen LogP contribution is 2.10. The molecule has 0 aliphatic heterocycles. The smallest absolute Gasteiger partial charge is 0.312 e. The Morgan fingerprint density at radius 1 is 1.64 bits per heavy atom. The van der Waals surface area contributed by atoms with Crippen molar-refractivity contribution in [3.63, 3.8) is 0 Å². The molecular weight excluding hydrogens is 204 g/mol. The molecule has 0 saturated carbocycles. The number of hydrogen-bond acceptors (Lipinski definition) is 5. The Hall–Kier alpha value is -1.04.